The lowest BCUT2D eigenvalue weighted by Crippen LogP contribution is -1.99. The van der Waals surface area contributed by atoms with E-state index in [1.165, 1.54) is 30.5 Å². The second-order valence-corrected chi connectivity index (χ2v) is 7.97. The van der Waals surface area contributed by atoms with Gasteiger partial charge in [0.2, 0.25) is 0 Å². The molecule has 2 aromatic carbocycles. The number of aromatic nitrogens is 4. The molecule has 0 amide bonds. The van der Waals surface area contributed by atoms with Gasteiger partial charge in [-0.2, -0.15) is 20.4 Å². The van der Waals surface area contributed by atoms with E-state index in [9.17, 15) is 8.78 Å². The van der Waals surface area contributed by atoms with Crippen LogP contribution in [0.3, 0.4) is 0 Å². The number of benzene rings is 2. The van der Waals surface area contributed by atoms with Crippen LogP contribution in [0.4, 0.5) is 8.78 Å². The van der Waals surface area contributed by atoms with Gasteiger partial charge in [0.15, 0.2) is 0 Å². The van der Waals surface area contributed by atoms with Crippen LogP contribution in [0, 0.1) is 11.6 Å². The molecule has 4 rings (SSSR count). The van der Waals surface area contributed by atoms with Crippen LogP contribution in [-0.2, 0) is 16.1 Å². The van der Waals surface area contributed by atoms with Gasteiger partial charge in [0.05, 0.1) is 45.5 Å². The van der Waals surface area contributed by atoms with Crippen molar-refractivity contribution in [3.05, 3.63) is 93.2 Å². The predicted molar refractivity (Wildman–Crippen MR) is 127 cm³/mol. The molecular weight excluding hydrogens is 509 g/mol. The van der Waals surface area contributed by atoms with E-state index >= 15 is 0 Å². The van der Waals surface area contributed by atoms with Crippen LogP contribution < -0.4 is 0 Å². The van der Waals surface area contributed by atoms with E-state index in [4.69, 9.17) is 44.3 Å². The Morgan fingerprint density at radius 3 is 1.85 bits per heavy atom. The number of halogens is 5. The average Bonchev–Trinajstić information content (AvgIpc) is 2.83. The molecular formula is C23H17Cl3F2N4O2. The molecule has 11 heteroatoms. The van der Waals surface area contributed by atoms with Crippen LogP contribution in [0.5, 0.6) is 0 Å². The monoisotopic (exact) mass is 524 g/mol. The van der Waals surface area contributed by atoms with Gasteiger partial charge < -0.3 is 9.47 Å². The molecule has 0 radical (unpaired) electrons. The van der Waals surface area contributed by atoms with Gasteiger partial charge in [-0.05, 0) is 48.5 Å². The summed E-state index contributed by atoms with van der Waals surface area (Å²) < 4.78 is 36.0. The predicted octanol–water partition coefficient (Wildman–Crippen LogP) is 6.65. The SMILES string of the molecule is COCOCc1cnnc(-c2ccc(F)c(Cl)c2)c1.Fc1ccc(-c2cc(Cl)cnn2)cc1Cl. The minimum atomic E-state index is -0.463. The highest BCUT2D eigenvalue weighted by Gasteiger charge is 2.07. The van der Waals surface area contributed by atoms with Crippen molar-refractivity contribution >= 4 is 34.8 Å². The molecule has 2 aromatic heterocycles. The standard InChI is InChI=1S/C13H12ClFN2O2.C10H5Cl2FN2/c1-18-8-19-7-9-4-13(17-16-6-9)10-2-3-12(15)11(14)5-10;11-7-4-10(15-14-5-7)6-1-2-9(13)8(12)3-6/h2-6H,7-8H2,1H3;1-5H. The first-order valence-electron chi connectivity index (χ1n) is 9.64. The summed E-state index contributed by atoms with van der Waals surface area (Å²) in [5.41, 5.74) is 3.40. The van der Waals surface area contributed by atoms with Crippen molar-refractivity contribution < 1.29 is 18.3 Å². The average molecular weight is 526 g/mol. The number of nitrogens with zero attached hydrogens (tertiary/aromatic N) is 4. The van der Waals surface area contributed by atoms with Crippen LogP contribution >= 0.6 is 34.8 Å². The van der Waals surface area contributed by atoms with Crippen LogP contribution in [0.15, 0.2) is 60.9 Å². The van der Waals surface area contributed by atoms with Gasteiger partial charge in [-0.1, -0.05) is 34.8 Å². The smallest absolute Gasteiger partial charge is 0.146 e. The molecule has 0 N–H and O–H groups in total. The highest BCUT2D eigenvalue weighted by Crippen LogP contribution is 2.25. The lowest BCUT2D eigenvalue weighted by molar-refractivity contribution is -0.0391. The molecule has 0 spiro atoms. The lowest BCUT2D eigenvalue weighted by atomic mass is 10.1. The minimum Gasteiger partial charge on any atom is -0.359 e. The van der Waals surface area contributed by atoms with Crippen LogP contribution in [-0.4, -0.2) is 34.3 Å². The molecule has 0 atom stereocenters. The van der Waals surface area contributed by atoms with Gasteiger partial charge >= 0.3 is 0 Å². The van der Waals surface area contributed by atoms with Gasteiger partial charge in [0.1, 0.15) is 18.4 Å². The molecule has 0 saturated carbocycles. The van der Waals surface area contributed by atoms with Crippen molar-refractivity contribution in [3.8, 4) is 22.5 Å². The quantitative estimate of drug-likeness (QED) is 0.207. The summed E-state index contributed by atoms with van der Waals surface area (Å²) in [4.78, 5) is 0. The fourth-order valence-corrected chi connectivity index (χ4v) is 3.17. The first-order chi connectivity index (χ1) is 16.4. The third-order valence-electron chi connectivity index (χ3n) is 4.23. The molecule has 2 heterocycles. The van der Waals surface area contributed by atoms with Gasteiger partial charge in [-0.3, -0.25) is 0 Å². The van der Waals surface area contributed by atoms with Crippen LogP contribution in [0.25, 0.3) is 22.5 Å². The molecule has 6 nitrogen and oxygen atoms in total. The lowest BCUT2D eigenvalue weighted by Gasteiger charge is -2.05. The normalized spacial score (nSPS) is 10.5. The van der Waals surface area contributed by atoms with Crippen molar-refractivity contribution in [2.75, 3.05) is 13.9 Å². The summed E-state index contributed by atoms with van der Waals surface area (Å²) in [5, 5.41) is 16.0. The molecule has 0 bridgehead atoms. The van der Waals surface area contributed by atoms with E-state index in [-0.39, 0.29) is 16.8 Å². The van der Waals surface area contributed by atoms with E-state index < -0.39 is 11.6 Å². The van der Waals surface area contributed by atoms with Gasteiger partial charge in [-0.25, -0.2) is 8.78 Å². The largest absolute Gasteiger partial charge is 0.359 e. The zero-order valence-electron chi connectivity index (χ0n) is 17.7. The van der Waals surface area contributed by atoms with E-state index in [0.29, 0.717) is 34.1 Å². The van der Waals surface area contributed by atoms with Gasteiger partial charge in [-0.15, -0.1) is 0 Å². The van der Waals surface area contributed by atoms with Crippen LogP contribution in [0.2, 0.25) is 15.1 Å². The molecule has 34 heavy (non-hydrogen) atoms. The van der Waals surface area contributed by atoms with E-state index in [1.54, 1.807) is 31.5 Å². The maximum atomic E-state index is 13.1. The summed E-state index contributed by atoms with van der Waals surface area (Å²) in [5.74, 6) is -0.923. The number of ether oxygens (including phenoxy) is 2. The fourth-order valence-electron chi connectivity index (χ4n) is 2.66. The Hall–Kier alpha value is -2.75. The summed E-state index contributed by atoms with van der Waals surface area (Å²) in [6.07, 6.45) is 3.03. The third kappa shape index (κ3) is 7.38. The first kappa shape index (κ1) is 25.9. The summed E-state index contributed by atoms with van der Waals surface area (Å²) in [6.45, 7) is 0.575. The highest BCUT2D eigenvalue weighted by atomic mass is 35.5. The maximum absolute atomic E-state index is 13.1. The third-order valence-corrected chi connectivity index (χ3v) is 5.02. The zero-order valence-corrected chi connectivity index (χ0v) is 20.0. The summed E-state index contributed by atoms with van der Waals surface area (Å²) in [7, 11) is 1.55. The Labute approximate surface area is 209 Å². The Morgan fingerprint density at radius 1 is 0.765 bits per heavy atom. The number of hydrogen-bond acceptors (Lipinski definition) is 6. The summed E-state index contributed by atoms with van der Waals surface area (Å²) in [6, 6.07) is 12.2. The Bertz CT molecular complexity index is 1260. The van der Waals surface area contributed by atoms with Crippen molar-refractivity contribution in [2.45, 2.75) is 6.61 Å². The van der Waals surface area contributed by atoms with E-state index in [1.807, 2.05) is 6.07 Å². The van der Waals surface area contributed by atoms with E-state index in [2.05, 4.69) is 20.4 Å². The molecule has 0 saturated heterocycles. The minimum absolute atomic E-state index is 0.0503. The molecule has 0 aliphatic rings. The number of rotatable bonds is 6. The van der Waals surface area contributed by atoms with Crippen molar-refractivity contribution in [2.24, 2.45) is 0 Å². The second kappa shape index (κ2) is 12.6. The zero-order chi connectivity index (χ0) is 24.5. The Morgan fingerprint density at radius 2 is 1.32 bits per heavy atom. The van der Waals surface area contributed by atoms with Crippen molar-refractivity contribution in [1.82, 2.24) is 20.4 Å². The van der Waals surface area contributed by atoms with Gasteiger partial charge in [0.25, 0.3) is 0 Å². The maximum Gasteiger partial charge on any atom is 0.146 e. The number of methoxy groups -OCH3 is 1. The number of hydrogen-bond donors (Lipinski definition) is 0. The molecule has 0 unspecified atom stereocenters. The second-order valence-electron chi connectivity index (χ2n) is 6.72. The summed E-state index contributed by atoms with van der Waals surface area (Å²) >= 11 is 17.1. The first-order valence-corrected chi connectivity index (χ1v) is 10.8. The van der Waals surface area contributed by atoms with Crippen LogP contribution in [0.1, 0.15) is 5.56 Å². The fraction of sp³-hybridized carbons (Fsp3) is 0.130. The van der Waals surface area contributed by atoms with Gasteiger partial charge in [0, 0.05) is 23.8 Å². The molecule has 0 fully saturated rings. The Balaban J connectivity index is 0.000000196. The molecule has 0 aliphatic carbocycles. The topological polar surface area (TPSA) is 70.0 Å². The Kier molecular flexibility index (Phi) is 9.62. The molecule has 4 aromatic rings. The van der Waals surface area contributed by atoms with Crippen molar-refractivity contribution in [3.63, 3.8) is 0 Å². The molecule has 176 valence electrons. The van der Waals surface area contributed by atoms with Crippen molar-refractivity contribution in [1.29, 1.82) is 0 Å². The highest BCUT2D eigenvalue weighted by molar-refractivity contribution is 6.31. The molecule has 0 aliphatic heterocycles. The van der Waals surface area contributed by atoms with E-state index in [0.717, 1.165) is 5.56 Å².